The molecular formula is C12H18ClNOS. The SMILES string of the molecule is CC(NC1CCC(O)CC1)c1csc(Cl)c1. The minimum atomic E-state index is -0.0797. The third kappa shape index (κ3) is 3.20. The van der Waals surface area contributed by atoms with Crippen molar-refractivity contribution in [2.75, 3.05) is 0 Å². The fraction of sp³-hybridized carbons (Fsp3) is 0.667. The van der Waals surface area contributed by atoms with Gasteiger partial charge in [0, 0.05) is 12.1 Å². The van der Waals surface area contributed by atoms with Gasteiger partial charge in [-0.25, -0.2) is 0 Å². The molecule has 16 heavy (non-hydrogen) atoms. The number of aliphatic hydroxyl groups excluding tert-OH is 1. The average Bonchev–Trinajstić information content (AvgIpc) is 2.68. The number of aliphatic hydroxyl groups is 1. The quantitative estimate of drug-likeness (QED) is 0.873. The van der Waals surface area contributed by atoms with Crippen LogP contribution in [0.15, 0.2) is 11.4 Å². The fourth-order valence-electron chi connectivity index (χ4n) is 2.24. The van der Waals surface area contributed by atoms with Crippen LogP contribution >= 0.6 is 22.9 Å². The smallest absolute Gasteiger partial charge is 0.0931 e. The molecule has 0 radical (unpaired) electrons. The van der Waals surface area contributed by atoms with Crippen LogP contribution in [0.4, 0.5) is 0 Å². The van der Waals surface area contributed by atoms with Crippen LogP contribution in [0.25, 0.3) is 0 Å². The van der Waals surface area contributed by atoms with Crippen LogP contribution in [0, 0.1) is 0 Å². The Balaban J connectivity index is 1.85. The minimum Gasteiger partial charge on any atom is -0.393 e. The zero-order chi connectivity index (χ0) is 11.5. The lowest BCUT2D eigenvalue weighted by Gasteiger charge is -2.28. The van der Waals surface area contributed by atoms with Crippen molar-refractivity contribution in [1.82, 2.24) is 5.32 Å². The summed E-state index contributed by atoms with van der Waals surface area (Å²) in [6, 6.07) is 2.92. The molecule has 1 unspecified atom stereocenters. The van der Waals surface area contributed by atoms with E-state index in [1.807, 2.05) is 6.07 Å². The maximum absolute atomic E-state index is 9.44. The molecule has 0 bridgehead atoms. The van der Waals surface area contributed by atoms with Crippen LogP contribution in [0.5, 0.6) is 0 Å². The molecule has 1 aromatic heterocycles. The molecule has 0 amide bonds. The first kappa shape index (κ1) is 12.4. The zero-order valence-corrected chi connectivity index (χ0v) is 11.0. The van der Waals surface area contributed by atoms with E-state index in [2.05, 4.69) is 17.6 Å². The summed E-state index contributed by atoms with van der Waals surface area (Å²) in [5.74, 6) is 0. The van der Waals surface area contributed by atoms with E-state index in [9.17, 15) is 5.11 Å². The van der Waals surface area contributed by atoms with E-state index >= 15 is 0 Å². The van der Waals surface area contributed by atoms with Gasteiger partial charge in [-0.1, -0.05) is 11.6 Å². The number of thiophene rings is 1. The molecule has 4 heteroatoms. The van der Waals surface area contributed by atoms with Gasteiger partial charge in [-0.2, -0.15) is 0 Å². The molecule has 0 aromatic carbocycles. The molecule has 0 saturated heterocycles. The first-order chi connectivity index (χ1) is 7.65. The van der Waals surface area contributed by atoms with Crippen molar-refractivity contribution in [2.24, 2.45) is 0 Å². The summed E-state index contributed by atoms with van der Waals surface area (Å²) in [6.07, 6.45) is 3.92. The van der Waals surface area contributed by atoms with Crippen molar-refractivity contribution in [3.8, 4) is 0 Å². The van der Waals surface area contributed by atoms with E-state index in [0.29, 0.717) is 12.1 Å². The summed E-state index contributed by atoms with van der Waals surface area (Å²) >= 11 is 7.50. The first-order valence-electron chi connectivity index (χ1n) is 5.83. The summed E-state index contributed by atoms with van der Waals surface area (Å²) in [5.41, 5.74) is 1.26. The molecule has 0 spiro atoms. The van der Waals surface area contributed by atoms with Gasteiger partial charge in [-0.15, -0.1) is 11.3 Å². The van der Waals surface area contributed by atoms with E-state index in [0.717, 1.165) is 30.0 Å². The molecule has 90 valence electrons. The molecule has 1 aliphatic rings. The number of halogens is 1. The van der Waals surface area contributed by atoms with Crippen molar-refractivity contribution in [3.05, 3.63) is 21.3 Å². The lowest BCUT2D eigenvalue weighted by Crippen LogP contribution is -2.36. The standard InChI is InChI=1S/C12H18ClNOS/c1-8(9-6-12(13)16-7-9)14-10-2-4-11(15)5-3-10/h6-8,10-11,14-15H,2-5H2,1H3. The fourth-order valence-corrected chi connectivity index (χ4v) is 3.23. The van der Waals surface area contributed by atoms with Crippen molar-refractivity contribution < 1.29 is 5.11 Å². The van der Waals surface area contributed by atoms with Gasteiger partial charge in [0.2, 0.25) is 0 Å². The molecule has 1 aromatic rings. The zero-order valence-electron chi connectivity index (χ0n) is 9.45. The van der Waals surface area contributed by atoms with Crippen molar-refractivity contribution in [1.29, 1.82) is 0 Å². The topological polar surface area (TPSA) is 32.3 Å². The van der Waals surface area contributed by atoms with E-state index < -0.39 is 0 Å². The molecule has 1 saturated carbocycles. The number of hydrogen-bond donors (Lipinski definition) is 2. The van der Waals surface area contributed by atoms with Gasteiger partial charge >= 0.3 is 0 Å². The monoisotopic (exact) mass is 259 g/mol. The predicted molar refractivity (Wildman–Crippen MR) is 69.1 cm³/mol. The van der Waals surface area contributed by atoms with Gasteiger partial charge in [0.1, 0.15) is 0 Å². The van der Waals surface area contributed by atoms with Crippen LogP contribution in [0.3, 0.4) is 0 Å². The molecule has 0 aliphatic heterocycles. The molecule has 2 nitrogen and oxygen atoms in total. The highest BCUT2D eigenvalue weighted by Crippen LogP contribution is 2.26. The number of hydrogen-bond acceptors (Lipinski definition) is 3. The van der Waals surface area contributed by atoms with Gasteiger partial charge in [-0.3, -0.25) is 0 Å². The van der Waals surface area contributed by atoms with Gasteiger partial charge < -0.3 is 10.4 Å². The molecular weight excluding hydrogens is 242 g/mol. The van der Waals surface area contributed by atoms with Crippen LogP contribution < -0.4 is 5.32 Å². The third-order valence-electron chi connectivity index (χ3n) is 3.27. The van der Waals surface area contributed by atoms with E-state index in [1.165, 1.54) is 5.56 Å². The van der Waals surface area contributed by atoms with Crippen molar-refractivity contribution in [3.63, 3.8) is 0 Å². The second-order valence-electron chi connectivity index (χ2n) is 4.58. The summed E-state index contributed by atoms with van der Waals surface area (Å²) in [7, 11) is 0. The molecule has 2 N–H and O–H groups in total. The van der Waals surface area contributed by atoms with Crippen molar-refractivity contribution >= 4 is 22.9 Å². The van der Waals surface area contributed by atoms with E-state index in [-0.39, 0.29) is 6.10 Å². The Bertz CT molecular complexity index is 334. The lowest BCUT2D eigenvalue weighted by molar-refractivity contribution is 0.114. The average molecular weight is 260 g/mol. The van der Waals surface area contributed by atoms with Gasteiger partial charge in [0.05, 0.1) is 10.4 Å². The number of rotatable bonds is 3. The predicted octanol–water partition coefficient (Wildman–Crippen LogP) is 3.36. The first-order valence-corrected chi connectivity index (χ1v) is 7.09. The maximum atomic E-state index is 9.44. The Labute approximate surface area is 106 Å². The normalized spacial score (nSPS) is 27.9. The molecule has 1 aliphatic carbocycles. The summed E-state index contributed by atoms with van der Waals surface area (Å²) in [5, 5.41) is 15.2. The van der Waals surface area contributed by atoms with Crippen LogP contribution in [-0.2, 0) is 0 Å². The highest BCUT2D eigenvalue weighted by Gasteiger charge is 2.21. The minimum absolute atomic E-state index is 0.0797. The highest BCUT2D eigenvalue weighted by atomic mass is 35.5. The largest absolute Gasteiger partial charge is 0.393 e. The lowest BCUT2D eigenvalue weighted by atomic mass is 9.92. The summed E-state index contributed by atoms with van der Waals surface area (Å²) < 4.78 is 0.850. The number of nitrogens with one attached hydrogen (secondary N) is 1. The Morgan fingerprint density at radius 1 is 1.44 bits per heavy atom. The summed E-state index contributed by atoms with van der Waals surface area (Å²) in [4.78, 5) is 0. The highest BCUT2D eigenvalue weighted by molar-refractivity contribution is 7.14. The molecule has 1 heterocycles. The van der Waals surface area contributed by atoms with Gasteiger partial charge in [-0.05, 0) is 49.6 Å². The second kappa shape index (κ2) is 5.50. The molecule has 1 fully saturated rings. The molecule has 2 rings (SSSR count). The van der Waals surface area contributed by atoms with Crippen LogP contribution in [-0.4, -0.2) is 17.3 Å². The van der Waals surface area contributed by atoms with E-state index in [4.69, 9.17) is 11.6 Å². The molecule has 1 atom stereocenters. The third-order valence-corrected chi connectivity index (χ3v) is 4.38. The van der Waals surface area contributed by atoms with Crippen molar-refractivity contribution in [2.45, 2.75) is 50.8 Å². The maximum Gasteiger partial charge on any atom is 0.0931 e. The van der Waals surface area contributed by atoms with Gasteiger partial charge in [0.15, 0.2) is 0 Å². The Morgan fingerprint density at radius 2 is 2.12 bits per heavy atom. The van der Waals surface area contributed by atoms with Gasteiger partial charge in [0.25, 0.3) is 0 Å². The van der Waals surface area contributed by atoms with E-state index in [1.54, 1.807) is 11.3 Å². The van der Waals surface area contributed by atoms with Crippen LogP contribution in [0.2, 0.25) is 4.34 Å². The Morgan fingerprint density at radius 3 is 2.69 bits per heavy atom. The Hall–Kier alpha value is -0.0900. The van der Waals surface area contributed by atoms with Crippen LogP contribution in [0.1, 0.15) is 44.2 Å². The second-order valence-corrected chi connectivity index (χ2v) is 6.12. The Kier molecular flexibility index (Phi) is 4.25. The summed E-state index contributed by atoms with van der Waals surface area (Å²) in [6.45, 7) is 2.17.